The minimum absolute atomic E-state index is 0.638. The van der Waals surface area contributed by atoms with E-state index in [2.05, 4.69) is 24.4 Å². The lowest BCUT2D eigenvalue weighted by molar-refractivity contribution is 0.304. The van der Waals surface area contributed by atoms with Crippen molar-refractivity contribution in [2.75, 3.05) is 20.8 Å². The lowest BCUT2D eigenvalue weighted by atomic mass is 10.1. The number of hydrogen-bond acceptors (Lipinski definition) is 4. The highest BCUT2D eigenvalue weighted by atomic mass is 35.5. The van der Waals surface area contributed by atoms with Crippen LogP contribution in [0, 0.1) is 0 Å². The molecule has 2 aromatic carbocycles. The van der Waals surface area contributed by atoms with Crippen molar-refractivity contribution in [1.82, 2.24) is 5.32 Å². The third-order valence-electron chi connectivity index (χ3n) is 5.39. The molecule has 0 aliphatic rings. The van der Waals surface area contributed by atoms with Gasteiger partial charge in [0.1, 0.15) is 5.75 Å². The minimum atomic E-state index is 0.638. The summed E-state index contributed by atoms with van der Waals surface area (Å²) in [5.74, 6) is 2.26. The summed E-state index contributed by atoms with van der Waals surface area (Å²) in [6.07, 6.45) is 10.5. The van der Waals surface area contributed by atoms with Crippen molar-refractivity contribution in [2.45, 2.75) is 71.4 Å². The van der Waals surface area contributed by atoms with Crippen molar-refractivity contribution in [3.63, 3.8) is 0 Å². The van der Waals surface area contributed by atoms with E-state index in [0.717, 1.165) is 30.9 Å². The Morgan fingerprint density at radius 1 is 0.774 bits per heavy atom. The van der Waals surface area contributed by atoms with Crippen LogP contribution in [0.15, 0.2) is 36.4 Å². The average molecular weight is 448 g/mol. The lowest BCUT2D eigenvalue weighted by Gasteiger charge is -2.12. The first-order valence-corrected chi connectivity index (χ1v) is 11.9. The number of benzene rings is 2. The quantitative estimate of drug-likeness (QED) is 0.277. The van der Waals surface area contributed by atoms with Crippen molar-refractivity contribution in [2.24, 2.45) is 0 Å². The smallest absolute Gasteiger partial charge is 0.162 e. The molecular weight excluding hydrogens is 410 g/mol. The molecule has 2 rings (SSSR count). The van der Waals surface area contributed by atoms with Gasteiger partial charge in [-0.2, -0.15) is 0 Å². The molecule has 0 bridgehead atoms. The molecule has 31 heavy (non-hydrogen) atoms. The number of unbranched alkanes of at least 4 members (excludes halogenated alkanes) is 7. The maximum atomic E-state index is 6.36. The minimum Gasteiger partial charge on any atom is -0.494 e. The molecule has 0 heterocycles. The molecule has 2 aromatic rings. The van der Waals surface area contributed by atoms with E-state index in [1.807, 2.05) is 18.2 Å². The predicted octanol–water partition coefficient (Wildman–Crippen LogP) is 7.17. The average Bonchev–Trinajstić information content (AvgIpc) is 2.79. The molecule has 172 valence electrons. The van der Waals surface area contributed by atoms with Gasteiger partial charge >= 0.3 is 0 Å². The van der Waals surface area contributed by atoms with Crippen LogP contribution in [-0.2, 0) is 13.1 Å². The maximum absolute atomic E-state index is 6.36. The van der Waals surface area contributed by atoms with Gasteiger partial charge in [0.05, 0.1) is 20.8 Å². The summed E-state index contributed by atoms with van der Waals surface area (Å²) in [4.78, 5) is 0. The highest BCUT2D eigenvalue weighted by Gasteiger charge is 2.09. The van der Waals surface area contributed by atoms with Crippen LogP contribution in [0.25, 0.3) is 0 Å². The molecule has 0 aromatic heterocycles. The van der Waals surface area contributed by atoms with Gasteiger partial charge in [0, 0.05) is 24.2 Å². The van der Waals surface area contributed by atoms with Gasteiger partial charge in [0.25, 0.3) is 0 Å². The van der Waals surface area contributed by atoms with Gasteiger partial charge in [-0.15, -0.1) is 0 Å². The second-order valence-corrected chi connectivity index (χ2v) is 8.28. The van der Waals surface area contributed by atoms with Crippen LogP contribution in [0.3, 0.4) is 0 Å². The van der Waals surface area contributed by atoms with E-state index in [4.69, 9.17) is 25.8 Å². The van der Waals surface area contributed by atoms with Gasteiger partial charge in [-0.05, 0) is 35.7 Å². The van der Waals surface area contributed by atoms with E-state index >= 15 is 0 Å². The van der Waals surface area contributed by atoms with Crippen molar-refractivity contribution in [3.8, 4) is 17.2 Å². The zero-order valence-electron chi connectivity index (χ0n) is 19.3. The van der Waals surface area contributed by atoms with Crippen LogP contribution in [0.5, 0.6) is 17.2 Å². The zero-order valence-corrected chi connectivity index (χ0v) is 20.1. The van der Waals surface area contributed by atoms with Gasteiger partial charge in [-0.1, -0.05) is 75.6 Å². The summed E-state index contributed by atoms with van der Waals surface area (Å²) >= 11 is 6.36. The SMILES string of the molecule is CCCCCCCCCCOc1ccc(CNCc2cc(OC)c(OC)cc2Cl)cc1. The van der Waals surface area contributed by atoms with Gasteiger partial charge in [0.2, 0.25) is 0 Å². The molecule has 0 amide bonds. The van der Waals surface area contributed by atoms with Crippen molar-refractivity contribution in [3.05, 3.63) is 52.5 Å². The highest BCUT2D eigenvalue weighted by molar-refractivity contribution is 6.31. The number of halogens is 1. The van der Waals surface area contributed by atoms with Crippen molar-refractivity contribution >= 4 is 11.6 Å². The number of ether oxygens (including phenoxy) is 3. The second-order valence-electron chi connectivity index (χ2n) is 7.87. The van der Waals surface area contributed by atoms with Crippen molar-refractivity contribution in [1.29, 1.82) is 0 Å². The fourth-order valence-electron chi connectivity index (χ4n) is 3.50. The van der Waals surface area contributed by atoms with Crippen LogP contribution in [0.1, 0.15) is 69.4 Å². The first-order chi connectivity index (χ1) is 15.2. The summed E-state index contributed by atoms with van der Waals surface area (Å²) < 4.78 is 16.5. The zero-order chi connectivity index (χ0) is 22.3. The Morgan fingerprint density at radius 3 is 2.03 bits per heavy atom. The van der Waals surface area contributed by atoms with E-state index in [1.54, 1.807) is 20.3 Å². The monoisotopic (exact) mass is 447 g/mol. The molecule has 0 radical (unpaired) electrons. The van der Waals surface area contributed by atoms with Crippen LogP contribution < -0.4 is 19.5 Å². The Labute approximate surface area is 193 Å². The highest BCUT2D eigenvalue weighted by Crippen LogP contribution is 2.33. The van der Waals surface area contributed by atoms with Crippen LogP contribution in [-0.4, -0.2) is 20.8 Å². The third kappa shape index (κ3) is 9.40. The summed E-state index contributed by atoms with van der Waals surface area (Å²) in [6, 6.07) is 12.0. The Kier molecular flexibility index (Phi) is 12.3. The molecular formula is C26H38ClNO3. The first kappa shape index (κ1) is 25.4. The van der Waals surface area contributed by atoms with Crippen molar-refractivity contribution < 1.29 is 14.2 Å². The predicted molar refractivity (Wildman–Crippen MR) is 130 cm³/mol. The largest absolute Gasteiger partial charge is 0.494 e. The summed E-state index contributed by atoms with van der Waals surface area (Å²) in [5, 5.41) is 4.09. The summed E-state index contributed by atoms with van der Waals surface area (Å²) in [7, 11) is 3.23. The molecule has 1 N–H and O–H groups in total. The molecule has 0 spiro atoms. The Morgan fingerprint density at radius 2 is 1.39 bits per heavy atom. The van der Waals surface area contributed by atoms with E-state index < -0.39 is 0 Å². The van der Waals surface area contributed by atoms with Crippen LogP contribution in [0.4, 0.5) is 0 Å². The van der Waals surface area contributed by atoms with Gasteiger partial charge in [-0.25, -0.2) is 0 Å². The summed E-state index contributed by atoms with van der Waals surface area (Å²) in [6.45, 7) is 4.46. The fourth-order valence-corrected chi connectivity index (χ4v) is 3.72. The molecule has 0 saturated heterocycles. The number of nitrogens with one attached hydrogen (secondary N) is 1. The van der Waals surface area contributed by atoms with Gasteiger partial charge in [-0.3, -0.25) is 0 Å². The summed E-state index contributed by atoms with van der Waals surface area (Å²) in [5.41, 5.74) is 2.18. The van der Waals surface area contributed by atoms with E-state index in [0.29, 0.717) is 23.1 Å². The van der Waals surface area contributed by atoms with Gasteiger partial charge in [0.15, 0.2) is 11.5 Å². The molecule has 0 saturated carbocycles. The molecule has 0 aliphatic heterocycles. The molecule has 0 fully saturated rings. The topological polar surface area (TPSA) is 39.7 Å². The van der Waals surface area contributed by atoms with E-state index in [1.165, 1.54) is 50.5 Å². The third-order valence-corrected chi connectivity index (χ3v) is 5.74. The molecule has 0 aliphatic carbocycles. The number of hydrogen-bond donors (Lipinski definition) is 1. The normalized spacial score (nSPS) is 10.8. The maximum Gasteiger partial charge on any atom is 0.162 e. The molecule has 5 heteroatoms. The van der Waals surface area contributed by atoms with E-state index in [-0.39, 0.29) is 0 Å². The Bertz CT molecular complexity index is 749. The Hall–Kier alpha value is -1.91. The first-order valence-electron chi connectivity index (χ1n) is 11.5. The number of methoxy groups -OCH3 is 2. The molecule has 4 nitrogen and oxygen atoms in total. The van der Waals surface area contributed by atoms with E-state index in [9.17, 15) is 0 Å². The second kappa shape index (κ2) is 15.0. The Balaban J connectivity index is 1.65. The molecule has 0 unspecified atom stereocenters. The fraction of sp³-hybridized carbons (Fsp3) is 0.538. The van der Waals surface area contributed by atoms with Crippen LogP contribution >= 0.6 is 11.6 Å². The molecule has 0 atom stereocenters. The standard InChI is InChI=1S/C26H38ClNO3/c1-4-5-6-7-8-9-10-11-16-31-23-14-12-21(13-15-23)19-28-20-22-17-25(29-2)26(30-3)18-24(22)27/h12-15,17-18,28H,4-11,16,19-20H2,1-3H3. The van der Waals surface area contributed by atoms with Crippen LogP contribution in [0.2, 0.25) is 5.02 Å². The lowest BCUT2D eigenvalue weighted by Crippen LogP contribution is -2.13. The number of rotatable bonds is 16. The van der Waals surface area contributed by atoms with Gasteiger partial charge < -0.3 is 19.5 Å².